The average molecular weight is 221 g/mol. The number of rotatable bonds is 3. The van der Waals surface area contributed by atoms with E-state index in [4.69, 9.17) is 4.74 Å². The molecule has 90 valence electrons. The maximum atomic E-state index is 6.02. The molecule has 1 aliphatic heterocycles. The van der Waals surface area contributed by atoms with Crippen molar-refractivity contribution in [3.05, 3.63) is 0 Å². The van der Waals surface area contributed by atoms with Crippen molar-refractivity contribution in [2.45, 2.75) is 63.5 Å². The topological polar surface area (TPSA) is 21.3 Å². The number of ether oxygens (including phenoxy) is 1. The first-order chi connectivity index (χ1) is 7.85. The summed E-state index contributed by atoms with van der Waals surface area (Å²) in [5.41, 5.74) is 0.242. The van der Waals surface area contributed by atoms with Crippen LogP contribution in [0.3, 0.4) is 0 Å². The summed E-state index contributed by atoms with van der Waals surface area (Å²) in [5.74, 6) is 6.04. The summed E-state index contributed by atoms with van der Waals surface area (Å²) in [6, 6.07) is 0.658. The summed E-state index contributed by atoms with van der Waals surface area (Å²) in [5, 5.41) is 3.63. The molecule has 1 N–H and O–H groups in total. The largest absolute Gasteiger partial charge is 0.375 e. The SMILES string of the molecule is CC#CCCNC1CCOC2(CCCC2)C1. The lowest BCUT2D eigenvalue weighted by Gasteiger charge is -2.38. The molecule has 1 saturated heterocycles. The van der Waals surface area contributed by atoms with Crippen LogP contribution >= 0.6 is 0 Å². The minimum atomic E-state index is 0.242. The third-order valence-corrected chi connectivity index (χ3v) is 3.87. The second-order valence-electron chi connectivity index (χ2n) is 5.06. The Balaban J connectivity index is 1.75. The highest BCUT2D eigenvalue weighted by atomic mass is 16.5. The fourth-order valence-electron chi connectivity index (χ4n) is 3.03. The van der Waals surface area contributed by atoms with E-state index in [1.54, 1.807) is 0 Å². The average Bonchev–Trinajstić information content (AvgIpc) is 2.73. The lowest BCUT2D eigenvalue weighted by molar-refractivity contribution is -0.0834. The van der Waals surface area contributed by atoms with Gasteiger partial charge in [0.2, 0.25) is 0 Å². The fourth-order valence-corrected chi connectivity index (χ4v) is 3.03. The molecule has 2 heteroatoms. The second kappa shape index (κ2) is 5.70. The van der Waals surface area contributed by atoms with Gasteiger partial charge in [0.05, 0.1) is 5.60 Å². The van der Waals surface area contributed by atoms with Crippen molar-refractivity contribution in [2.24, 2.45) is 0 Å². The summed E-state index contributed by atoms with van der Waals surface area (Å²) in [4.78, 5) is 0. The van der Waals surface area contributed by atoms with E-state index < -0.39 is 0 Å². The van der Waals surface area contributed by atoms with E-state index in [-0.39, 0.29) is 5.60 Å². The lowest BCUT2D eigenvalue weighted by atomic mass is 9.89. The molecule has 0 aromatic rings. The monoisotopic (exact) mass is 221 g/mol. The van der Waals surface area contributed by atoms with Crippen LogP contribution in [0.1, 0.15) is 51.9 Å². The van der Waals surface area contributed by atoms with Crippen molar-refractivity contribution >= 4 is 0 Å². The van der Waals surface area contributed by atoms with Crippen molar-refractivity contribution in [1.29, 1.82) is 0 Å². The standard InChI is InChI=1S/C14H23NO/c1-2-3-6-10-15-13-7-11-16-14(12-13)8-4-5-9-14/h13,15H,4-12H2,1H3. The van der Waals surface area contributed by atoms with Crippen LogP contribution in [-0.2, 0) is 4.74 Å². The molecule has 1 spiro atoms. The van der Waals surface area contributed by atoms with Crippen LogP contribution in [0.2, 0.25) is 0 Å². The Morgan fingerprint density at radius 3 is 2.94 bits per heavy atom. The van der Waals surface area contributed by atoms with Crippen LogP contribution in [0.4, 0.5) is 0 Å². The van der Waals surface area contributed by atoms with Gasteiger partial charge in [0, 0.05) is 25.6 Å². The van der Waals surface area contributed by atoms with E-state index in [9.17, 15) is 0 Å². The fraction of sp³-hybridized carbons (Fsp3) is 0.857. The van der Waals surface area contributed by atoms with Crippen LogP contribution in [0.25, 0.3) is 0 Å². The summed E-state index contributed by atoms with van der Waals surface area (Å²) >= 11 is 0. The highest BCUT2D eigenvalue weighted by Gasteiger charge is 2.39. The molecule has 0 aromatic heterocycles. The first-order valence-corrected chi connectivity index (χ1v) is 6.62. The zero-order valence-electron chi connectivity index (χ0n) is 10.3. The van der Waals surface area contributed by atoms with Gasteiger partial charge in [-0.15, -0.1) is 11.8 Å². The molecule has 1 aliphatic carbocycles. The Labute approximate surface area is 99.1 Å². The minimum Gasteiger partial charge on any atom is -0.375 e. The summed E-state index contributed by atoms with van der Waals surface area (Å²) < 4.78 is 6.02. The Kier molecular flexibility index (Phi) is 4.26. The predicted molar refractivity (Wildman–Crippen MR) is 66.2 cm³/mol. The molecule has 0 amide bonds. The Morgan fingerprint density at radius 2 is 2.19 bits per heavy atom. The Bertz CT molecular complexity index is 270. The van der Waals surface area contributed by atoms with Crippen LogP contribution in [0.5, 0.6) is 0 Å². The minimum absolute atomic E-state index is 0.242. The lowest BCUT2D eigenvalue weighted by Crippen LogP contribution is -2.45. The van der Waals surface area contributed by atoms with Crippen molar-refractivity contribution < 1.29 is 4.74 Å². The van der Waals surface area contributed by atoms with Crippen molar-refractivity contribution in [1.82, 2.24) is 5.32 Å². The van der Waals surface area contributed by atoms with Crippen LogP contribution < -0.4 is 5.32 Å². The third kappa shape index (κ3) is 2.99. The van der Waals surface area contributed by atoms with Gasteiger partial charge in [-0.05, 0) is 32.6 Å². The number of nitrogens with one attached hydrogen (secondary N) is 1. The highest BCUT2D eigenvalue weighted by Crippen LogP contribution is 2.39. The molecule has 2 aliphatic rings. The van der Waals surface area contributed by atoms with E-state index in [2.05, 4.69) is 17.2 Å². The third-order valence-electron chi connectivity index (χ3n) is 3.87. The molecule has 2 rings (SSSR count). The van der Waals surface area contributed by atoms with Crippen molar-refractivity contribution in [3.63, 3.8) is 0 Å². The summed E-state index contributed by atoms with van der Waals surface area (Å²) in [6.45, 7) is 3.88. The van der Waals surface area contributed by atoms with Gasteiger partial charge in [-0.3, -0.25) is 0 Å². The first-order valence-electron chi connectivity index (χ1n) is 6.62. The maximum Gasteiger partial charge on any atom is 0.0697 e. The van der Waals surface area contributed by atoms with E-state index in [1.807, 2.05) is 6.92 Å². The molecule has 0 bridgehead atoms. The molecule has 1 unspecified atom stereocenters. The molecule has 16 heavy (non-hydrogen) atoms. The van der Waals surface area contributed by atoms with E-state index >= 15 is 0 Å². The molecule has 2 nitrogen and oxygen atoms in total. The van der Waals surface area contributed by atoms with Gasteiger partial charge in [-0.2, -0.15) is 0 Å². The Morgan fingerprint density at radius 1 is 1.38 bits per heavy atom. The quantitative estimate of drug-likeness (QED) is 0.584. The molecule has 0 radical (unpaired) electrons. The van der Waals surface area contributed by atoms with E-state index in [0.717, 1.165) is 19.6 Å². The van der Waals surface area contributed by atoms with Crippen molar-refractivity contribution in [3.8, 4) is 11.8 Å². The van der Waals surface area contributed by atoms with Gasteiger partial charge >= 0.3 is 0 Å². The second-order valence-corrected chi connectivity index (χ2v) is 5.06. The van der Waals surface area contributed by atoms with Gasteiger partial charge in [0.25, 0.3) is 0 Å². The summed E-state index contributed by atoms with van der Waals surface area (Å²) in [7, 11) is 0. The molecule has 1 heterocycles. The first kappa shape index (κ1) is 12.0. The molecular weight excluding hydrogens is 198 g/mol. The zero-order chi connectivity index (χ0) is 11.3. The van der Waals surface area contributed by atoms with Gasteiger partial charge in [0.1, 0.15) is 0 Å². The van der Waals surface area contributed by atoms with Gasteiger partial charge in [-0.25, -0.2) is 0 Å². The predicted octanol–water partition coefficient (Wildman–Crippen LogP) is 2.48. The van der Waals surface area contributed by atoms with Crippen molar-refractivity contribution in [2.75, 3.05) is 13.2 Å². The number of hydrogen-bond donors (Lipinski definition) is 1. The van der Waals surface area contributed by atoms with Crippen LogP contribution in [0, 0.1) is 11.8 Å². The van der Waals surface area contributed by atoms with Gasteiger partial charge in [0.15, 0.2) is 0 Å². The molecule has 2 fully saturated rings. The molecular formula is C14H23NO. The van der Waals surface area contributed by atoms with E-state index in [0.29, 0.717) is 6.04 Å². The molecule has 1 atom stereocenters. The Hall–Kier alpha value is -0.520. The molecule has 1 saturated carbocycles. The van der Waals surface area contributed by atoms with E-state index in [1.165, 1.54) is 38.5 Å². The maximum absolute atomic E-state index is 6.02. The number of hydrogen-bond acceptors (Lipinski definition) is 2. The molecule has 0 aromatic carbocycles. The summed E-state index contributed by atoms with van der Waals surface area (Å²) in [6.07, 6.45) is 8.62. The van der Waals surface area contributed by atoms with Crippen LogP contribution in [-0.4, -0.2) is 24.8 Å². The highest BCUT2D eigenvalue weighted by molar-refractivity contribution is 4.97. The van der Waals surface area contributed by atoms with Gasteiger partial charge in [-0.1, -0.05) is 12.8 Å². The van der Waals surface area contributed by atoms with Crippen LogP contribution in [0.15, 0.2) is 0 Å². The zero-order valence-corrected chi connectivity index (χ0v) is 10.3. The van der Waals surface area contributed by atoms with Gasteiger partial charge < -0.3 is 10.1 Å². The normalized spacial score (nSPS) is 27.7. The smallest absolute Gasteiger partial charge is 0.0697 e.